The Hall–Kier alpha value is -1.59. The van der Waals surface area contributed by atoms with Gasteiger partial charge in [-0.2, -0.15) is 0 Å². The van der Waals surface area contributed by atoms with Gasteiger partial charge in [-0.05, 0) is 25.2 Å². The van der Waals surface area contributed by atoms with Crippen molar-refractivity contribution in [1.29, 1.82) is 0 Å². The highest BCUT2D eigenvalue weighted by Gasteiger charge is 2.19. The molecule has 0 N–H and O–H groups in total. The predicted octanol–water partition coefficient (Wildman–Crippen LogP) is 17.5. The van der Waals surface area contributed by atoms with Crippen molar-refractivity contribution in [3.63, 3.8) is 0 Å². The molecule has 0 heterocycles. The van der Waals surface area contributed by atoms with Gasteiger partial charge in [-0.25, -0.2) is 0 Å². The smallest absolute Gasteiger partial charge is 0.306 e. The monoisotopic (exact) mass is 849 g/mol. The van der Waals surface area contributed by atoms with Crippen LogP contribution in [-0.2, 0) is 28.6 Å². The highest BCUT2D eigenvalue weighted by molar-refractivity contribution is 5.71. The average molecular weight is 849 g/mol. The van der Waals surface area contributed by atoms with E-state index in [1.165, 1.54) is 199 Å². The van der Waals surface area contributed by atoms with E-state index in [4.69, 9.17) is 14.2 Å². The number of carbonyl (C=O) groups is 3. The SMILES string of the molecule is CCCCCCCCCCCCCCCCCCCCCC(=O)OC[C@H](COC(=O)CCCCCCCCCCCCCCC)OC(=O)CCCCCCCCCC(C)C. The summed E-state index contributed by atoms with van der Waals surface area (Å²) in [7, 11) is 0. The summed E-state index contributed by atoms with van der Waals surface area (Å²) >= 11 is 0. The molecular weight excluding hydrogens is 745 g/mol. The van der Waals surface area contributed by atoms with Crippen molar-refractivity contribution in [3.8, 4) is 0 Å². The standard InChI is InChI=1S/C54H104O6/c1-5-7-9-11-13-15-17-19-20-21-22-23-24-26-28-30-34-38-42-46-53(56)59-49-51(60-54(57)47-43-39-35-31-32-36-40-44-50(3)4)48-58-52(55)45-41-37-33-29-27-25-18-16-14-12-10-8-6-2/h50-51H,5-49H2,1-4H3/t51-/m0/s1. The molecule has 6 nitrogen and oxygen atoms in total. The van der Waals surface area contributed by atoms with Crippen molar-refractivity contribution in [3.05, 3.63) is 0 Å². The minimum Gasteiger partial charge on any atom is -0.462 e. The van der Waals surface area contributed by atoms with Crippen LogP contribution in [0.5, 0.6) is 0 Å². The molecule has 0 rings (SSSR count). The van der Waals surface area contributed by atoms with E-state index in [1.807, 2.05) is 0 Å². The van der Waals surface area contributed by atoms with Crippen molar-refractivity contribution < 1.29 is 28.6 Å². The summed E-state index contributed by atoms with van der Waals surface area (Å²) in [5.74, 6) is -0.0683. The van der Waals surface area contributed by atoms with Crippen LogP contribution in [0.15, 0.2) is 0 Å². The zero-order chi connectivity index (χ0) is 43.8. The van der Waals surface area contributed by atoms with Crippen LogP contribution in [-0.4, -0.2) is 37.2 Å². The molecule has 0 saturated carbocycles. The number of hydrogen-bond donors (Lipinski definition) is 0. The second-order valence-electron chi connectivity index (χ2n) is 19.0. The minimum atomic E-state index is -0.761. The number of ether oxygens (including phenoxy) is 3. The van der Waals surface area contributed by atoms with Crippen LogP contribution in [0.3, 0.4) is 0 Å². The number of rotatable bonds is 49. The lowest BCUT2D eigenvalue weighted by atomic mass is 10.0. The number of carbonyl (C=O) groups excluding carboxylic acids is 3. The second-order valence-corrected chi connectivity index (χ2v) is 19.0. The molecule has 0 aliphatic rings. The van der Waals surface area contributed by atoms with Crippen molar-refractivity contribution >= 4 is 17.9 Å². The summed E-state index contributed by atoms with van der Waals surface area (Å²) < 4.78 is 16.8. The average Bonchev–Trinajstić information content (AvgIpc) is 3.23. The normalized spacial score (nSPS) is 11.9. The zero-order valence-electron chi connectivity index (χ0n) is 40.9. The van der Waals surface area contributed by atoms with Gasteiger partial charge in [0.25, 0.3) is 0 Å². The maximum atomic E-state index is 12.7. The maximum absolute atomic E-state index is 12.7. The molecule has 6 heteroatoms. The lowest BCUT2D eigenvalue weighted by Crippen LogP contribution is -2.30. The third-order valence-electron chi connectivity index (χ3n) is 12.3. The van der Waals surface area contributed by atoms with Gasteiger partial charge in [-0.3, -0.25) is 14.4 Å². The molecule has 0 saturated heterocycles. The van der Waals surface area contributed by atoms with Crippen molar-refractivity contribution in [1.82, 2.24) is 0 Å². The summed E-state index contributed by atoms with van der Waals surface area (Å²) in [6.45, 7) is 8.98. The first-order valence-corrected chi connectivity index (χ1v) is 26.9. The van der Waals surface area contributed by atoms with Crippen LogP contribution >= 0.6 is 0 Å². The second kappa shape index (κ2) is 48.4. The summed E-state index contributed by atoms with van der Waals surface area (Å²) in [6, 6.07) is 0. The molecule has 0 amide bonds. The van der Waals surface area contributed by atoms with Gasteiger partial charge < -0.3 is 14.2 Å². The Labute approximate surface area is 374 Å². The highest BCUT2D eigenvalue weighted by atomic mass is 16.6. The minimum absolute atomic E-state index is 0.0634. The number of esters is 3. The van der Waals surface area contributed by atoms with E-state index in [2.05, 4.69) is 27.7 Å². The van der Waals surface area contributed by atoms with Crippen LogP contribution in [0, 0.1) is 5.92 Å². The summed E-state index contributed by atoms with van der Waals surface area (Å²) in [4.78, 5) is 37.9. The highest BCUT2D eigenvalue weighted by Crippen LogP contribution is 2.17. The Bertz CT molecular complexity index is 903. The fraction of sp³-hybridized carbons (Fsp3) is 0.944. The van der Waals surface area contributed by atoms with Gasteiger partial charge in [-0.15, -0.1) is 0 Å². The number of unbranched alkanes of at least 4 members (excludes halogenated alkanes) is 36. The molecule has 0 aromatic rings. The topological polar surface area (TPSA) is 78.9 Å². The Morgan fingerprint density at radius 1 is 0.317 bits per heavy atom. The van der Waals surface area contributed by atoms with Crippen LogP contribution in [0.1, 0.15) is 304 Å². The van der Waals surface area contributed by atoms with Gasteiger partial charge in [-0.1, -0.05) is 265 Å². The molecule has 0 bridgehead atoms. The first-order valence-electron chi connectivity index (χ1n) is 26.9. The molecule has 0 unspecified atom stereocenters. The Morgan fingerprint density at radius 2 is 0.550 bits per heavy atom. The quantitative estimate of drug-likeness (QED) is 0.0345. The van der Waals surface area contributed by atoms with Crippen LogP contribution in [0.4, 0.5) is 0 Å². The summed E-state index contributed by atoms with van der Waals surface area (Å²) in [5.41, 5.74) is 0. The first-order chi connectivity index (χ1) is 29.4. The predicted molar refractivity (Wildman–Crippen MR) is 257 cm³/mol. The lowest BCUT2D eigenvalue weighted by Gasteiger charge is -2.18. The number of hydrogen-bond acceptors (Lipinski definition) is 6. The van der Waals surface area contributed by atoms with Gasteiger partial charge >= 0.3 is 17.9 Å². The van der Waals surface area contributed by atoms with Crippen LogP contribution in [0.25, 0.3) is 0 Å². The van der Waals surface area contributed by atoms with Gasteiger partial charge in [0.1, 0.15) is 13.2 Å². The van der Waals surface area contributed by atoms with E-state index < -0.39 is 6.10 Å². The third kappa shape index (κ3) is 47.5. The Kier molecular flexibility index (Phi) is 47.2. The van der Waals surface area contributed by atoms with Gasteiger partial charge in [0, 0.05) is 19.3 Å². The van der Waals surface area contributed by atoms with E-state index in [0.29, 0.717) is 19.3 Å². The molecular formula is C54H104O6. The van der Waals surface area contributed by atoms with Crippen molar-refractivity contribution in [2.45, 2.75) is 310 Å². The molecule has 0 spiro atoms. The van der Waals surface area contributed by atoms with E-state index in [-0.39, 0.29) is 31.1 Å². The molecule has 356 valence electrons. The molecule has 0 fully saturated rings. The molecule has 0 aromatic carbocycles. The van der Waals surface area contributed by atoms with Crippen molar-refractivity contribution in [2.75, 3.05) is 13.2 Å². The fourth-order valence-corrected chi connectivity index (χ4v) is 8.22. The Balaban J connectivity index is 4.22. The molecule has 0 aliphatic heterocycles. The van der Waals surface area contributed by atoms with Crippen LogP contribution in [0.2, 0.25) is 0 Å². The molecule has 0 aliphatic carbocycles. The van der Waals surface area contributed by atoms with Gasteiger partial charge in [0.05, 0.1) is 0 Å². The molecule has 0 aromatic heterocycles. The maximum Gasteiger partial charge on any atom is 0.306 e. The fourth-order valence-electron chi connectivity index (χ4n) is 8.22. The first kappa shape index (κ1) is 58.4. The molecule has 1 atom stereocenters. The van der Waals surface area contributed by atoms with Crippen molar-refractivity contribution in [2.24, 2.45) is 5.92 Å². The van der Waals surface area contributed by atoms with Gasteiger partial charge in [0.2, 0.25) is 0 Å². The zero-order valence-corrected chi connectivity index (χ0v) is 40.9. The van der Waals surface area contributed by atoms with E-state index >= 15 is 0 Å². The van der Waals surface area contributed by atoms with Gasteiger partial charge in [0.15, 0.2) is 6.10 Å². The Morgan fingerprint density at radius 3 is 0.817 bits per heavy atom. The lowest BCUT2D eigenvalue weighted by molar-refractivity contribution is -0.167. The van der Waals surface area contributed by atoms with E-state index in [1.54, 1.807) is 0 Å². The van der Waals surface area contributed by atoms with E-state index in [9.17, 15) is 14.4 Å². The third-order valence-corrected chi connectivity index (χ3v) is 12.3. The van der Waals surface area contributed by atoms with Crippen LogP contribution < -0.4 is 0 Å². The molecule has 0 radical (unpaired) electrons. The van der Waals surface area contributed by atoms with E-state index in [0.717, 1.165) is 63.7 Å². The summed E-state index contributed by atoms with van der Waals surface area (Å²) in [6.07, 6.45) is 51.0. The summed E-state index contributed by atoms with van der Waals surface area (Å²) in [5, 5.41) is 0. The largest absolute Gasteiger partial charge is 0.462 e. The molecule has 60 heavy (non-hydrogen) atoms.